The Kier molecular flexibility index (Phi) is 3.94. The van der Waals surface area contributed by atoms with Crippen LogP contribution in [0.5, 0.6) is 0 Å². The molecule has 0 radical (unpaired) electrons. The summed E-state index contributed by atoms with van der Waals surface area (Å²) in [6.07, 6.45) is 3.29. The number of carboxylic acids is 1. The van der Waals surface area contributed by atoms with Gasteiger partial charge in [-0.3, -0.25) is 14.9 Å². The molecule has 0 aromatic carbocycles. The molecular formula is C12H15N3O4. The molecule has 0 spiro atoms. The monoisotopic (exact) mass is 265 g/mol. The SMILES string of the molecule is O=C(O)CC1CCCN(c2cc([N+](=O)[O-])ccn2)C1. The molecule has 1 unspecified atom stereocenters. The van der Waals surface area contributed by atoms with Crippen LogP contribution in [0, 0.1) is 16.0 Å². The molecule has 1 aromatic rings. The molecule has 2 heterocycles. The molecule has 1 aliphatic rings. The second-order valence-corrected chi connectivity index (χ2v) is 4.68. The van der Waals surface area contributed by atoms with E-state index in [0.717, 1.165) is 19.4 Å². The van der Waals surface area contributed by atoms with Crippen LogP contribution in [0.4, 0.5) is 11.5 Å². The minimum Gasteiger partial charge on any atom is -0.481 e. The van der Waals surface area contributed by atoms with Crippen molar-refractivity contribution < 1.29 is 14.8 Å². The zero-order chi connectivity index (χ0) is 13.8. The molecule has 102 valence electrons. The Balaban J connectivity index is 2.10. The number of carboxylic acid groups (broad SMARTS) is 1. The summed E-state index contributed by atoms with van der Waals surface area (Å²) >= 11 is 0. The van der Waals surface area contributed by atoms with Crippen LogP contribution >= 0.6 is 0 Å². The first-order valence-electron chi connectivity index (χ1n) is 6.13. The van der Waals surface area contributed by atoms with E-state index in [4.69, 9.17) is 5.11 Å². The van der Waals surface area contributed by atoms with Crippen molar-refractivity contribution in [2.24, 2.45) is 5.92 Å². The number of aromatic nitrogens is 1. The number of nitro groups is 1. The third-order valence-electron chi connectivity index (χ3n) is 3.25. The molecule has 1 fully saturated rings. The van der Waals surface area contributed by atoms with E-state index in [1.54, 1.807) is 0 Å². The quantitative estimate of drug-likeness (QED) is 0.657. The van der Waals surface area contributed by atoms with Crippen LogP contribution in [0.1, 0.15) is 19.3 Å². The Morgan fingerprint density at radius 2 is 2.42 bits per heavy atom. The van der Waals surface area contributed by atoms with Gasteiger partial charge in [0.2, 0.25) is 0 Å². The standard InChI is InChI=1S/C12H15N3O4/c16-12(17)6-9-2-1-5-14(8-9)11-7-10(15(18)19)3-4-13-11/h3-4,7,9H,1-2,5-6,8H2,(H,16,17). The van der Waals surface area contributed by atoms with Crippen molar-refractivity contribution in [3.8, 4) is 0 Å². The van der Waals surface area contributed by atoms with Crippen LogP contribution in [-0.4, -0.2) is 34.1 Å². The average Bonchev–Trinajstić information content (AvgIpc) is 2.38. The molecule has 0 aliphatic carbocycles. The highest BCUT2D eigenvalue weighted by Gasteiger charge is 2.23. The maximum atomic E-state index is 10.7. The van der Waals surface area contributed by atoms with E-state index in [1.165, 1.54) is 18.3 Å². The van der Waals surface area contributed by atoms with Crippen molar-refractivity contribution >= 4 is 17.5 Å². The summed E-state index contributed by atoms with van der Waals surface area (Å²) in [4.78, 5) is 27.1. The van der Waals surface area contributed by atoms with E-state index in [9.17, 15) is 14.9 Å². The van der Waals surface area contributed by atoms with Gasteiger partial charge in [0.05, 0.1) is 11.0 Å². The maximum absolute atomic E-state index is 10.7. The fourth-order valence-corrected chi connectivity index (χ4v) is 2.38. The van der Waals surface area contributed by atoms with E-state index in [1.807, 2.05) is 4.90 Å². The van der Waals surface area contributed by atoms with Gasteiger partial charge in [-0.2, -0.15) is 0 Å². The number of nitrogens with zero attached hydrogens (tertiary/aromatic N) is 3. The van der Waals surface area contributed by atoms with Crippen LogP contribution < -0.4 is 4.90 Å². The van der Waals surface area contributed by atoms with Crippen molar-refractivity contribution in [2.45, 2.75) is 19.3 Å². The molecule has 7 heteroatoms. The molecule has 7 nitrogen and oxygen atoms in total. The first kappa shape index (κ1) is 13.3. The molecule has 1 aromatic heterocycles. The molecule has 1 aliphatic heterocycles. The van der Waals surface area contributed by atoms with Crippen molar-refractivity contribution in [1.29, 1.82) is 0 Å². The lowest BCUT2D eigenvalue weighted by atomic mass is 9.95. The minimum atomic E-state index is -0.807. The van der Waals surface area contributed by atoms with E-state index >= 15 is 0 Å². The second-order valence-electron chi connectivity index (χ2n) is 4.68. The van der Waals surface area contributed by atoms with Crippen LogP contribution in [0.2, 0.25) is 0 Å². The van der Waals surface area contributed by atoms with Gasteiger partial charge in [0.25, 0.3) is 5.69 Å². The normalized spacial score (nSPS) is 19.2. The van der Waals surface area contributed by atoms with E-state index in [0.29, 0.717) is 12.4 Å². The van der Waals surface area contributed by atoms with E-state index < -0.39 is 10.9 Å². The fraction of sp³-hybridized carbons (Fsp3) is 0.500. The summed E-state index contributed by atoms with van der Waals surface area (Å²) in [5, 5.41) is 19.5. The number of hydrogen-bond acceptors (Lipinski definition) is 5. The number of aliphatic carboxylic acids is 1. The Morgan fingerprint density at radius 3 is 3.11 bits per heavy atom. The van der Waals surface area contributed by atoms with Gasteiger partial charge in [-0.05, 0) is 18.8 Å². The summed E-state index contributed by atoms with van der Waals surface area (Å²) in [5.41, 5.74) is 0.00496. The highest BCUT2D eigenvalue weighted by atomic mass is 16.6. The predicted octanol–water partition coefficient (Wildman–Crippen LogP) is 1.68. The van der Waals surface area contributed by atoms with E-state index in [2.05, 4.69) is 4.98 Å². The molecule has 0 saturated carbocycles. The minimum absolute atomic E-state index is 0.00496. The third kappa shape index (κ3) is 3.40. The summed E-state index contributed by atoms with van der Waals surface area (Å²) in [5.74, 6) is -0.185. The van der Waals surface area contributed by atoms with Gasteiger partial charge >= 0.3 is 5.97 Å². The van der Waals surface area contributed by atoms with Gasteiger partial charge in [0.15, 0.2) is 0 Å². The maximum Gasteiger partial charge on any atom is 0.303 e. The fourth-order valence-electron chi connectivity index (χ4n) is 2.38. The van der Waals surface area contributed by atoms with Crippen molar-refractivity contribution in [1.82, 2.24) is 4.98 Å². The van der Waals surface area contributed by atoms with Crippen molar-refractivity contribution in [3.63, 3.8) is 0 Å². The van der Waals surface area contributed by atoms with Crippen LogP contribution in [0.3, 0.4) is 0 Å². The Hall–Kier alpha value is -2.18. The Labute approximate surface area is 110 Å². The van der Waals surface area contributed by atoms with Gasteiger partial charge in [-0.1, -0.05) is 0 Å². The zero-order valence-electron chi connectivity index (χ0n) is 10.4. The lowest BCUT2D eigenvalue weighted by molar-refractivity contribution is -0.384. The molecule has 1 N–H and O–H groups in total. The highest BCUT2D eigenvalue weighted by molar-refractivity contribution is 5.67. The highest BCUT2D eigenvalue weighted by Crippen LogP contribution is 2.25. The molecule has 2 rings (SSSR count). The van der Waals surface area contributed by atoms with Crippen molar-refractivity contribution in [3.05, 3.63) is 28.4 Å². The summed E-state index contributed by atoms with van der Waals surface area (Å²) in [6, 6.07) is 2.78. The van der Waals surface area contributed by atoms with Gasteiger partial charge in [0.1, 0.15) is 5.82 Å². The first-order chi connectivity index (χ1) is 9.06. The number of pyridine rings is 1. The van der Waals surface area contributed by atoms with Crippen LogP contribution in [0.25, 0.3) is 0 Å². The Bertz CT molecular complexity index is 492. The first-order valence-corrected chi connectivity index (χ1v) is 6.13. The number of hydrogen-bond donors (Lipinski definition) is 1. The molecule has 0 amide bonds. The topological polar surface area (TPSA) is 96.6 Å². The number of carbonyl (C=O) groups is 1. The van der Waals surface area contributed by atoms with Crippen LogP contribution in [0.15, 0.2) is 18.3 Å². The average molecular weight is 265 g/mol. The number of anilines is 1. The number of rotatable bonds is 4. The summed E-state index contributed by atoms with van der Waals surface area (Å²) in [6.45, 7) is 1.34. The van der Waals surface area contributed by atoms with Gasteiger partial charge < -0.3 is 10.0 Å². The summed E-state index contributed by atoms with van der Waals surface area (Å²) in [7, 11) is 0. The summed E-state index contributed by atoms with van der Waals surface area (Å²) < 4.78 is 0. The van der Waals surface area contributed by atoms with Gasteiger partial charge in [-0.25, -0.2) is 4.98 Å². The van der Waals surface area contributed by atoms with Crippen molar-refractivity contribution in [2.75, 3.05) is 18.0 Å². The molecule has 1 saturated heterocycles. The predicted molar refractivity (Wildman–Crippen MR) is 68.1 cm³/mol. The zero-order valence-corrected chi connectivity index (χ0v) is 10.4. The second kappa shape index (κ2) is 5.64. The van der Waals surface area contributed by atoms with Crippen LogP contribution in [-0.2, 0) is 4.79 Å². The van der Waals surface area contributed by atoms with Gasteiger partial charge in [0, 0.05) is 31.8 Å². The van der Waals surface area contributed by atoms with Gasteiger partial charge in [-0.15, -0.1) is 0 Å². The van der Waals surface area contributed by atoms with E-state index in [-0.39, 0.29) is 18.0 Å². The smallest absolute Gasteiger partial charge is 0.303 e. The lowest BCUT2D eigenvalue weighted by Gasteiger charge is -2.32. The molecule has 19 heavy (non-hydrogen) atoms. The number of piperidine rings is 1. The Morgan fingerprint density at radius 1 is 1.63 bits per heavy atom. The molecule has 1 atom stereocenters. The molecule has 0 bridgehead atoms. The largest absolute Gasteiger partial charge is 0.481 e. The lowest BCUT2D eigenvalue weighted by Crippen LogP contribution is -2.36. The third-order valence-corrected chi connectivity index (χ3v) is 3.25. The molecular weight excluding hydrogens is 250 g/mol.